The Bertz CT molecular complexity index is 548. The van der Waals surface area contributed by atoms with Crippen LogP contribution in [0.3, 0.4) is 0 Å². The third-order valence-corrected chi connectivity index (χ3v) is 2.96. The zero-order valence-electron chi connectivity index (χ0n) is 9.32. The predicted octanol–water partition coefficient (Wildman–Crippen LogP) is 3.35. The zero-order chi connectivity index (χ0) is 12.1. The molecular formula is C13H13BrO3. The summed E-state index contributed by atoms with van der Waals surface area (Å²) >= 11 is 3.37. The van der Waals surface area contributed by atoms with Crippen molar-refractivity contribution in [2.75, 3.05) is 11.9 Å². The lowest BCUT2D eigenvalue weighted by Crippen LogP contribution is -2.00. The van der Waals surface area contributed by atoms with Gasteiger partial charge in [0.25, 0.3) is 0 Å². The summed E-state index contributed by atoms with van der Waals surface area (Å²) in [6.07, 6.45) is 2.04. The summed E-state index contributed by atoms with van der Waals surface area (Å²) in [5, 5.41) is 1.85. The van der Waals surface area contributed by atoms with Crippen LogP contribution >= 0.6 is 15.9 Å². The minimum atomic E-state index is -0.353. The molecule has 4 heteroatoms. The van der Waals surface area contributed by atoms with Crippen molar-refractivity contribution in [3.05, 3.63) is 40.8 Å². The Balaban J connectivity index is 2.21. The number of fused-ring (bicyclic) bond motifs is 1. The number of alkyl halides is 1. The molecule has 1 aromatic carbocycles. The van der Waals surface area contributed by atoms with Crippen LogP contribution < -0.4 is 10.4 Å². The topological polar surface area (TPSA) is 39.4 Å². The average molecular weight is 297 g/mol. The highest BCUT2D eigenvalue weighted by Crippen LogP contribution is 2.24. The van der Waals surface area contributed by atoms with E-state index < -0.39 is 0 Å². The number of hydrogen-bond acceptors (Lipinski definition) is 3. The first-order valence-electron chi connectivity index (χ1n) is 5.53. The molecule has 90 valence electrons. The molecule has 3 nitrogen and oxygen atoms in total. The fourth-order valence-electron chi connectivity index (χ4n) is 1.56. The van der Waals surface area contributed by atoms with Crippen molar-refractivity contribution in [2.24, 2.45) is 0 Å². The van der Waals surface area contributed by atoms with Crippen molar-refractivity contribution in [1.82, 2.24) is 0 Å². The van der Waals surface area contributed by atoms with E-state index in [1.807, 2.05) is 18.2 Å². The molecule has 0 aliphatic heterocycles. The fourth-order valence-corrected chi connectivity index (χ4v) is 1.95. The summed E-state index contributed by atoms with van der Waals surface area (Å²) in [7, 11) is 0. The van der Waals surface area contributed by atoms with Gasteiger partial charge < -0.3 is 9.15 Å². The first-order valence-corrected chi connectivity index (χ1v) is 6.65. The van der Waals surface area contributed by atoms with E-state index >= 15 is 0 Å². The van der Waals surface area contributed by atoms with Gasteiger partial charge in [-0.3, -0.25) is 0 Å². The molecule has 0 radical (unpaired) electrons. The lowest BCUT2D eigenvalue weighted by molar-refractivity contribution is 0.308. The van der Waals surface area contributed by atoms with Crippen LogP contribution in [0.15, 0.2) is 39.5 Å². The lowest BCUT2D eigenvalue weighted by atomic mass is 10.2. The summed E-state index contributed by atoms with van der Waals surface area (Å²) < 4.78 is 10.8. The third kappa shape index (κ3) is 3.09. The van der Waals surface area contributed by atoms with E-state index in [0.29, 0.717) is 17.9 Å². The van der Waals surface area contributed by atoms with Gasteiger partial charge >= 0.3 is 5.63 Å². The van der Waals surface area contributed by atoms with Crippen LogP contribution in [0.2, 0.25) is 0 Å². The van der Waals surface area contributed by atoms with Crippen LogP contribution in [0.5, 0.6) is 5.75 Å². The summed E-state index contributed by atoms with van der Waals surface area (Å²) in [4.78, 5) is 11.2. The van der Waals surface area contributed by atoms with Gasteiger partial charge in [0.1, 0.15) is 0 Å². The zero-order valence-corrected chi connectivity index (χ0v) is 10.9. The highest BCUT2D eigenvalue weighted by Gasteiger charge is 2.04. The van der Waals surface area contributed by atoms with Crippen molar-refractivity contribution in [2.45, 2.75) is 12.8 Å². The Kier molecular flexibility index (Phi) is 4.20. The molecular weight excluding hydrogens is 284 g/mol. The van der Waals surface area contributed by atoms with E-state index in [4.69, 9.17) is 9.15 Å². The molecule has 1 aromatic heterocycles. The number of halogens is 1. The second-order valence-corrected chi connectivity index (χ2v) is 4.47. The quantitative estimate of drug-likeness (QED) is 0.482. The molecule has 0 saturated heterocycles. The van der Waals surface area contributed by atoms with Crippen LogP contribution in [0.25, 0.3) is 11.0 Å². The van der Waals surface area contributed by atoms with Crippen LogP contribution in [0.4, 0.5) is 0 Å². The third-order valence-electron chi connectivity index (χ3n) is 2.40. The van der Waals surface area contributed by atoms with E-state index in [0.717, 1.165) is 23.6 Å². The maximum atomic E-state index is 11.2. The lowest BCUT2D eigenvalue weighted by Gasteiger charge is -2.07. The van der Waals surface area contributed by atoms with E-state index in [2.05, 4.69) is 15.9 Å². The molecule has 0 N–H and O–H groups in total. The van der Waals surface area contributed by atoms with Crippen molar-refractivity contribution >= 4 is 26.9 Å². The average Bonchev–Trinajstić information content (AvgIpc) is 2.35. The molecule has 1 heterocycles. The maximum absolute atomic E-state index is 11.2. The molecule has 0 bridgehead atoms. The summed E-state index contributed by atoms with van der Waals surface area (Å²) in [5.41, 5.74) is 0.174. The maximum Gasteiger partial charge on any atom is 0.336 e. The molecule has 0 saturated carbocycles. The van der Waals surface area contributed by atoms with Crippen LogP contribution in [0.1, 0.15) is 12.8 Å². The molecule has 0 amide bonds. The number of rotatable bonds is 5. The SMILES string of the molecule is O=c1ccc2cccc(OCCCCBr)c2o1. The van der Waals surface area contributed by atoms with Gasteiger partial charge in [-0.15, -0.1) is 0 Å². The van der Waals surface area contributed by atoms with Gasteiger partial charge in [-0.05, 0) is 25.0 Å². The van der Waals surface area contributed by atoms with E-state index in [9.17, 15) is 4.79 Å². The van der Waals surface area contributed by atoms with E-state index in [1.54, 1.807) is 6.07 Å². The second-order valence-electron chi connectivity index (χ2n) is 3.67. The number of unbranched alkanes of at least 4 members (excludes halogenated alkanes) is 1. The summed E-state index contributed by atoms with van der Waals surface area (Å²) in [6.45, 7) is 0.628. The molecule has 0 aliphatic carbocycles. The summed E-state index contributed by atoms with van der Waals surface area (Å²) in [6, 6.07) is 8.76. The monoisotopic (exact) mass is 296 g/mol. The highest BCUT2D eigenvalue weighted by molar-refractivity contribution is 9.09. The van der Waals surface area contributed by atoms with Gasteiger partial charge in [0.15, 0.2) is 11.3 Å². The Labute approximate surface area is 108 Å². The first-order chi connectivity index (χ1) is 8.31. The smallest absolute Gasteiger partial charge is 0.336 e. The fraction of sp³-hybridized carbons (Fsp3) is 0.308. The minimum Gasteiger partial charge on any atom is -0.490 e. The molecule has 2 rings (SSSR count). The Hall–Kier alpha value is -1.29. The predicted molar refractivity (Wildman–Crippen MR) is 71.0 cm³/mol. The van der Waals surface area contributed by atoms with Crippen molar-refractivity contribution in [3.8, 4) is 5.75 Å². The molecule has 0 spiro atoms. The minimum absolute atomic E-state index is 0.353. The molecule has 17 heavy (non-hydrogen) atoms. The molecule has 0 aliphatic rings. The number of ether oxygens (including phenoxy) is 1. The second kappa shape index (κ2) is 5.87. The standard InChI is InChI=1S/C13H13BrO3/c14-8-1-2-9-16-11-5-3-4-10-6-7-12(15)17-13(10)11/h3-7H,1-2,8-9H2. The van der Waals surface area contributed by atoms with Gasteiger partial charge in [0, 0.05) is 16.8 Å². The van der Waals surface area contributed by atoms with Crippen LogP contribution in [0, 0.1) is 0 Å². The van der Waals surface area contributed by atoms with Crippen LogP contribution in [-0.2, 0) is 0 Å². The Morgan fingerprint density at radius 3 is 2.88 bits per heavy atom. The van der Waals surface area contributed by atoms with Crippen molar-refractivity contribution < 1.29 is 9.15 Å². The molecule has 0 unspecified atom stereocenters. The Morgan fingerprint density at radius 2 is 2.06 bits per heavy atom. The molecule has 2 aromatic rings. The molecule has 0 fully saturated rings. The van der Waals surface area contributed by atoms with E-state index in [1.165, 1.54) is 6.07 Å². The van der Waals surface area contributed by atoms with E-state index in [-0.39, 0.29) is 5.63 Å². The summed E-state index contributed by atoms with van der Waals surface area (Å²) in [5.74, 6) is 0.634. The highest BCUT2D eigenvalue weighted by atomic mass is 79.9. The van der Waals surface area contributed by atoms with Gasteiger partial charge in [0.05, 0.1) is 6.61 Å². The number of benzene rings is 1. The molecule has 0 atom stereocenters. The van der Waals surface area contributed by atoms with Gasteiger partial charge in [-0.2, -0.15) is 0 Å². The van der Waals surface area contributed by atoms with Crippen molar-refractivity contribution in [3.63, 3.8) is 0 Å². The van der Waals surface area contributed by atoms with Crippen LogP contribution in [-0.4, -0.2) is 11.9 Å². The van der Waals surface area contributed by atoms with Gasteiger partial charge in [-0.25, -0.2) is 4.79 Å². The normalized spacial score (nSPS) is 10.6. The van der Waals surface area contributed by atoms with Gasteiger partial charge in [-0.1, -0.05) is 28.1 Å². The largest absolute Gasteiger partial charge is 0.490 e. The number of hydrogen-bond donors (Lipinski definition) is 0. The number of para-hydroxylation sites is 1. The van der Waals surface area contributed by atoms with Crippen molar-refractivity contribution in [1.29, 1.82) is 0 Å². The first kappa shape index (κ1) is 12.2. The Morgan fingerprint density at radius 1 is 1.18 bits per heavy atom. The van der Waals surface area contributed by atoms with Gasteiger partial charge in [0.2, 0.25) is 0 Å².